The van der Waals surface area contributed by atoms with Crippen molar-refractivity contribution in [3.63, 3.8) is 0 Å². The van der Waals surface area contributed by atoms with Crippen molar-refractivity contribution in [1.82, 2.24) is 4.98 Å². The summed E-state index contributed by atoms with van der Waals surface area (Å²) in [5.41, 5.74) is -0.973. The second-order valence-electron chi connectivity index (χ2n) is 3.60. The molecule has 0 aromatic carbocycles. The van der Waals surface area contributed by atoms with E-state index in [4.69, 9.17) is 16.3 Å². The van der Waals surface area contributed by atoms with E-state index in [-0.39, 0.29) is 0 Å². The molecular weight excluding hydrogens is 252 g/mol. The van der Waals surface area contributed by atoms with Gasteiger partial charge >= 0.3 is 5.97 Å². The van der Waals surface area contributed by atoms with Crippen LogP contribution in [0.3, 0.4) is 0 Å². The number of hydrogen-bond donors (Lipinski definition) is 2. The van der Waals surface area contributed by atoms with Crippen molar-refractivity contribution in [2.75, 3.05) is 18.5 Å². The SMILES string of the molecule is O=C(O)C1(Nc2nc(Cl)cs2)CCOCC1. The molecule has 0 saturated carbocycles. The van der Waals surface area contributed by atoms with Crippen molar-refractivity contribution >= 4 is 34.0 Å². The average molecular weight is 263 g/mol. The molecule has 16 heavy (non-hydrogen) atoms. The number of anilines is 1. The minimum atomic E-state index is -0.973. The minimum Gasteiger partial charge on any atom is -0.480 e. The van der Waals surface area contributed by atoms with E-state index in [1.807, 2.05) is 0 Å². The number of rotatable bonds is 3. The van der Waals surface area contributed by atoms with E-state index in [0.29, 0.717) is 36.3 Å². The summed E-state index contributed by atoms with van der Waals surface area (Å²) in [6.45, 7) is 0.886. The Kier molecular flexibility index (Phi) is 3.32. The summed E-state index contributed by atoms with van der Waals surface area (Å²) in [5.74, 6) is -0.873. The van der Waals surface area contributed by atoms with Crippen LogP contribution in [0.4, 0.5) is 5.13 Å². The highest BCUT2D eigenvalue weighted by Crippen LogP contribution is 2.29. The molecule has 7 heteroatoms. The number of halogens is 1. The fourth-order valence-corrected chi connectivity index (χ4v) is 2.56. The zero-order chi connectivity index (χ0) is 11.6. The standard InChI is InChI=1S/C9H11ClN2O3S/c10-6-5-16-8(11-6)12-9(7(13)14)1-3-15-4-2-9/h5H,1-4H2,(H,11,12)(H,13,14). The summed E-state index contributed by atoms with van der Waals surface area (Å²) >= 11 is 6.99. The van der Waals surface area contributed by atoms with Crippen molar-refractivity contribution in [3.8, 4) is 0 Å². The van der Waals surface area contributed by atoms with Crippen LogP contribution in [0.2, 0.25) is 5.15 Å². The van der Waals surface area contributed by atoms with Crippen LogP contribution in [0.15, 0.2) is 5.38 Å². The lowest BCUT2D eigenvalue weighted by molar-refractivity contribution is -0.145. The number of aromatic nitrogens is 1. The Balaban J connectivity index is 2.16. The zero-order valence-corrected chi connectivity index (χ0v) is 9.98. The van der Waals surface area contributed by atoms with Crippen LogP contribution < -0.4 is 5.32 Å². The number of thiazole rings is 1. The summed E-state index contributed by atoms with van der Waals surface area (Å²) in [6.07, 6.45) is 0.860. The maximum Gasteiger partial charge on any atom is 0.329 e. The van der Waals surface area contributed by atoms with E-state index in [0.717, 1.165) is 0 Å². The van der Waals surface area contributed by atoms with Gasteiger partial charge in [-0.25, -0.2) is 9.78 Å². The molecule has 5 nitrogen and oxygen atoms in total. The third-order valence-corrected chi connectivity index (χ3v) is 3.66. The molecule has 1 aliphatic rings. The lowest BCUT2D eigenvalue weighted by Gasteiger charge is -2.33. The van der Waals surface area contributed by atoms with Gasteiger partial charge < -0.3 is 15.2 Å². The van der Waals surface area contributed by atoms with Gasteiger partial charge in [0.15, 0.2) is 5.13 Å². The molecule has 2 N–H and O–H groups in total. The third kappa shape index (κ3) is 2.28. The number of carboxylic acid groups (broad SMARTS) is 1. The molecule has 1 aromatic rings. The summed E-state index contributed by atoms with van der Waals surface area (Å²) in [6, 6.07) is 0. The Morgan fingerprint density at radius 2 is 2.31 bits per heavy atom. The van der Waals surface area contributed by atoms with Crippen LogP contribution in [0.25, 0.3) is 0 Å². The Bertz CT molecular complexity index is 390. The maximum absolute atomic E-state index is 11.3. The summed E-state index contributed by atoms with van der Waals surface area (Å²) in [5, 5.41) is 14.8. The highest BCUT2D eigenvalue weighted by atomic mass is 35.5. The summed E-state index contributed by atoms with van der Waals surface area (Å²) in [7, 11) is 0. The highest BCUT2D eigenvalue weighted by Gasteiger charge is 2.40. The Hall–Kier alpha value is -0.850. The van der Waals surface area contributed by atoms with Crippen LogP contribution in [0.1, 0.15) is 12.8 Å². The second-order valence-corrected chi connectivity index (χ2v) is 4.85. The van der Waals surface area contributed by atoms with E-state index >= 15 is 0 Å². The van der Waals surface area contributed by atoms with E-state index in [9.17, 15) is 9.90 Å². The smallest absolute Gasteiger partial charge is 0.329 e. The molecule has 0 amide bonds. The molecule has 2 rings (SSSR count). The first kappa shape index (κ1) is 11.6. The minimum absolute atomic E-state index is 0.375. The van der Waals surface area contributed by atoms with Gasteiger partial charge in [0, 0.05) is 31.4 Å². The number of carboxylic acids is 1. The van der Waals surface area contributed by atoms with E-state index < -0.39 is 11.5 Å². The van der Waals surface area contributed by atoms with E-state index in [2.05, 4.69) is 10.3 Å². The third-order valence-electron chi connectivity index (χ3n) is 2.58. The molecular formula is C9H11ClN2O3S. The normalized spacial score (nSPS) is 19.3. The number of carbonyl (C=O) groups is 1. The Morgan fingerprint density at radius 3 is 2.81 bits per heavy atom. The van der Waals surface area contributed by atoms with Crippen LogP contribution >= 0.6 is 22.9 Å². The van der Waals surface area contributed by atoms with Crippen LogP contribution in [-0.2, 0) is 9.53 Å². The topological polar surface area (TPSA) is 71.5 Å². The van der Waals surface area contributed by atoms with Crippen molar-refractivity contribution in [1.29, 1.82) is 0 Å². The molecule has 1 aliphatic heterocycles. The Labute approximate surface area is 101 Å². The molecule has 0 unspecified atom stereocenters. The van der Waals surface area contributed by atoms with Crippen LogP contribution in [-0.4, -0.2) is 34.8 Å². The lowest BCUT2D eigenvalue weighted by atomic mass is 9.90. The number of hydrogen-bond acceptors (Lipinski definition) is 5. The molecule has 0 atom stereocenters. The maximum atomic E-state index is 11.3. The first-order chi connectivity index (χ1) is 7.62. The number of nitrogens with zero attached hydrogens (tertiary/aromatic N) is 1. The highest BCUT2D eigenvalue weighted by molar-refractivity contribution is 7.14. The molecule has 2 heterocycles. The monoisotopic (exact) mass is 262 g/mol. The van der Waals surface area contributed by atoms with Crippen LogP contribution in [0.5, 0.6) is 0 Å². The van der Waals surface area contributed by atoms with Gasteiger partial charge in [-0.15, -0.1) is 11.3 Å². The van der Waals surface area contributed by atoms with Crippen molar-refractivity contribution in [2.24, 2.45) is 0 Å². The van der Waals surface area contributed by atoms with Gasteiger partial charge in [0.2, 0.25) is 0 Å². The molecule has 1 fully saturated rings. The zero-order valence-electron chi connectivity index (χ0n) is 8.40. The Morgan fingerprint density at radius 1 is 1.62 bits per heavy atom. The lowest BCUT2D eigenvalue weighted by Crippen LogP contribution is -2.50. The predicted molar refractivity (Wildman–Crippen MR) is 61.2 cm³/mol. The largest absolute Gasteiger partial charge is 0.480 e. The molecule has 0 bridgehead atoms. The second kappa shape index (κ2) is 4.57. The van der Waals surface area contributed by atoms with Crippen molar-refractivity contribution < 1.29 is 14.6 Å². The van der Waals surface area contributed by atoms with Gasteiger partial charge in [-0.05, 0) is 0 Å². The first-order valence-electron chi connectivity index (χ1n) is 4.83. The number of aliphatic carboxylic acids is 1. The van der Waals surface area contributed by atoms with Crippen molar-refractivity contribution in [2.45, 2.75) is 18.4 Å². The molecule has 0 aliphatic carbocycles. The average Bonchev–Trinajstić information content (AvgIpc) is 2.65. The van der Waals surface area contributed by atoms with Crippen LogP contribution in [0, 0.1) is 0 Å². The van der Waals surface area contributed by atoms with Gasteiger partial charge in [0.25, 0.3) is 0 Å². The fraction of sp³-hybridized carbons (Fsp3) is 0.556. The van der Waals surface area contributed by atoms with Gasteiger partial charge in [0.05, 0.1) is 0 Å². The van der Waals surface area contributed by atoms with Gasteiger partial charge in [-0.3, -0.25) is 0 Å². The van der Waals surface area contributed by atoms with Crippen molar-refractivity contribution in [3.05, 3.63) is 10.5 Å². The quantitative estimate of drug-likeness (QED) is 0.870. The van der Waals surface area contributed by atoms with E-state index in [1.54, 1.807) is 5.38 Å². The number of ether oxygens (including phenoxy) is 1. The molecule has 1 aromatic heterocycles. The first-order valence-corrected chi connectivity index (χ1v) is 6.08. The van der Waals surface area contributed by atoms with Gasteiger partial charge in [-0.1, -0.05) is 11.6 Å². The van der Waals surface area contributed by atoms with Gasteiger partial charge in [-0.2, -0.15) is 0 Å². The summed E-state index contributed by atoms with van der Waals surface area (Å²) in [4.78, 5) is 15.3. The molecule has 0 radical (unpaired) electrons. The summed E-state index contributed by atoms with van der Waals surface area (Å²) < 4.78 is 5.17. The van der Waals surface area contributed by atoms with E-state index in [1.165, 1.54) is 11.3 Å². The van der Waals surface area contributed by atoms with Gasteiger partial charge in [0.1, 0.15) is 10.7 Å². The molecule has 88 valence electrons. The predicted octanol–water partition coefficient (Wildman–Crippen LogP) is 1.84. The fourth-order valence-electron chi connectivity index (χ4n) is 1.63. The molecule has 1 saturated heterocycles. The molecule has 0 spiro atoms. The number of nitrogens with one attached hydrogen (secondary N) is 1.